The van der Waals surface area contributed by atoms with Crippen LogP contribution in [-0.4, -0.2) is 56.9 Å². The number of ether oxygens (including phenoxy) is 2. The number of amides is 1. The maximum atomic E-state index is 11.3. The summed E-state index contributed by atoms with van der Waals surface area (Å²) in [6.45, 7) is 1.52. The van der Waals surface area contributed by atoms with Crippen LogP contribution in [0.5, 0.6) is 0 Å². The number of unbranched alkanes of at least 4 members (excludes halogenated alkanes) is 1. The van der Waals surface area contributed by atoms with Gasteiger partial charge in [0.2, 0.25) is 0 Å². The van der Waals surface area contributed by atoms with E-state index in [0.29, 0.717) is 25.8 Å². The standard InChI is InChI=1S/C13H20N2O4/c1-15(2)9-5-3-4-6-10-18-13(17)19-11-7-8-14-12(11)16/h11H,4,6-10H2,1-2H3,(H,14,16)/t11-/m1/s1. The SMILES string of the molecule is CN(C)CC#CCCCOC(=O)O[C@@H]1CCNC1=O. The zero-order chi connectivity index (χ0) is 14.1. The highest BCUT2D eigenvalue weighted by atomic mass is 16.7. The molecule has 1 atom stereocenters. The smallest absolute Gasteiger partial charge is 0.434 e. The van der Waals surface area contributed by atoms with Gasteiger partial charge in [0, 0.05) is 19.4 Å². The molecule has 19 heavy (non-hydrogen) atoms. The Hall–Kier alpha value is -1.74. The van der Waals surface area contributed by atoms with Crippen LogP contribution in [0.4, 0.5) is 4.79 Å². The molecule has 0 aliphatic carbocycles. The van der Waals surface area contributed by atoms with Crippen LogP contribution >= 0.6 is 0 Å². The lowest BCUT2D eigenvalue weighted by Crippen LogP contribution is -2.28. The Morgan fingerprint density at radius 3 is 2.89 bits per heavy atom. The molecule has 0 aromatic carbocycles. The minimum Gasteiger partial charge on any atom is -0.434 e. The summed E-state index contributed by atoms with van der Waals surface area (Å²) in [6, 6.07) is 0. The van der Waals surface area contributed by atoms with Crippen LogP contribution in [0, 0.1) is 11.8 Å². The Morgan fingerprint density at radius 2 is 2.26 bits per heavy atom. The van der Waals surface area contributed by atoms with Gasteiger partial charge >= 0.3 is 6.16 Å². The second kappa shape index (κ2) is 8.38. The first-order valence-electron chi connectivity index (χ1n) is 6.31. The zero-order valence-corrected chi connectivity index (χ0v) is 11.4. The molecule has 0 saturated carbocycles. The van der Waals surface area contributed by atoms with Crippen molar-refractivity contribution in [3.63, 3.8) is 0 Å². The molecule has 0 radical (unpaired) electrons. The quantitative estimate of drug-likeness (QED) is 0.443. The van der Waals surface area contributed by atoms with Crippen LogP contribution in [0.2, 0.25) is 0 Å². The van der Waals surface area contributed by atoms with Gasteiger partial charge < -0.3 is 14.8 Å². The maximum absolute atomic E-state index is 11.3. The summed E-state index contributed by atoms with van der Waals surface area (Å²) < 4.78 is 9.73. The van der Waals surface area contributed by atoms with Gasteiger partial charge in [-0.25, -0.2) is 4.79 Å². The van der Waals surface area contributed by atoms with Gasteiger partial charge in [0.25, 0.3) is 5.91 Å². The molecular formula is C13H20N2O4. The van der Waals surface area contributed by atoms with E-state index in [1.165, 1.54) is 0 Å². The van der Waals surface area contributed by atoms with E-state index in [-0.39, 0.29) is 12.5 Å². The van der Waals surface area contributed by atoms with Gasteiger partial charge in [0.1, 0.15) is 0 Å². The van der Waals surface area contributed by atoms with Gasteiger partial charge in [-0.1, -0.05) is 5.92 Å². The van der Waals surface area contributed by atoms with Crippen LogP contribution in [0.3, 0.4) is 0 Å². The number of carbonyl (C=O) groups is 2. The molecule has 106 valence electrons. The minimum atomic E-state index is -0.789. The molecule has 1 amide bonds. The summed E-state index contributed by atoms with van der Waals surface area (Å²) in [4.78, 5) is 24.4. The van der Waals surface area contributed by atoms with E-state index in [9.17, 15) is 9.59 Å². The normalized spacial score (nSPS) is 17.6. The lowest BCUT2D eigenvalue weighted by molar-refractivity contribution is -0.127. The first kappa shape index (κ1) is 15.3. The summed E-state index contributed by atoms with van der Waals surface area (Å²) in [5.41, 5.74) is 0. The molecule has 0 aromatic rings. The molecule has 6 nitrogen and oxygen atoms in total. The van der Waals surface area contributed by atoms with Crippen LogP contribution in [-0.2, 0) is 14.3 Å². The Balaban J connectivity index is 2.04. The lowest BCUT2D eigenvalue weighted by atomic mass is 10.3. The summed E-state index contributed by atoms with van der Waals surface area (Å²) in [7, 11) is 3.90. The second-order valence-corrected chi connectivity index (χ2v) is 4.48. The lowest BCUT2D eigenvalue weighted by Gasteiger charge is -2.09. The molecule has 0 unspecified atom stereocenters. The fourth-order valence-corrected chi connectivity index (χ4v) is 1.45. The average Bonchev–Trinajstić information content (AvgIpc) is 2.73. The van der Waals surface area contributed by atoms with Crippen molar-refractivity contribution in [2.45, 2.75) is 25.4 Å². The zero-order valence-electron chi connectivity index (χ0n) is 11.4. The Labute approximate surface area is 113 Å². The van der Waals surface area contributed by atoms with E-state index in [2.05, 4.69) is 17.2 Å². The molecule has 1 fully saturated rings. The van der Waals surface area contributed by atoms with Crippen LogP contribution in [0.25, 0.3) is 0 Å². The highest BCUT2D eigenvalue weighted by Gasteiger charge is 2.28. The summed E-state index contributed by atoms with van der Waals surface area (Å²) in [6.07, 6.45) is 0.345. The molecule has 0 bridgehead atoms. The largest absolute Gasteiger partial charge is 0.509 e. The molecular weight excluding hydrogens is 248 g/mol. The van der Waals surface area contributed by atoms with E-state index >= 15 is 0 Å². The first-order valence-corrected chi connectivity index (χ1v) is 6.31. The second-order valence-electron chi connectivity index (χ2n) is 4.48. The molecule has 0 aromatic heterocycles. The summed E-state index contributed by atoms with van der Waals surface area (Å²) in [5.74, 6) is 5.71. The van der Waals surface area contributed by atoms with Crippen LogP contribution in [0.15, 0.2) is 0 Å². The average molecular weight is 268 g/mol. The topological polar surface area (TPSA) is 67.9 Å². The summed E-state index contributed by atoms with van der Waals surface area (Å²) >= 11 is 0. The van der Waals surface area contributed by atoms with E-state index in [1.54, 1.807) is 0 Å². The molecule has 0 spiro atoms. The van der Waals surface area contributed by atoms with Crippen molar-refractivity contribution < 1.29 is 19.1 Å². The van der Waals surface area contributed by atoms with Gasteiger partial charge in [0.15, 0.2) is 6.10 Å². The van der Waals surface area contributed by atoms with Gasteiger partial charge in [-0.3, -0.25) is 9.69 Å². The number of rotatable bonds is 5. The monoisotopic (exact) mass is 268 g/mol. The molecule has 1 N–H and O–H groups in total. The molecule has 1 aliphatic rings. The third kappa shape index (κ3) is 6.67. The van der Waals surface area contributed by atoms with Crippen molar-refractivity contribution in [1.29, 1.82) is 0 Å². The van der Waals surface area contributed by atoms with Crippen molar-refractivity contribution in [2.24, 2.45) is 0 Å². The third-order valence-corrected chi connectivity index (χ3v) is 2.42. The van der Waals surface area contributed by atoms with Crippen molar-refractivity contribution in [1.82, 2.24) is 10.2 Å². The van der Waals surface area contributed by atoms with Gasteiger partial charge in [-0.05, 0) is 20.5 Å². The van der Waals surface area contributed by atoms with Gasteiger partial charge in [-0.2, -0.15) is 0 Å². The molecule has 6 heteroatoms. The number of hydrogen-bond donors (Lipinski definition) is 1. The van der Waals surface area contributed by atoms with E-state index in [1.807, 2.05) is 19.0 Å². The van der Waals surface area contributed by atoms with Crippen molar-refractivity contribution in [2.75, 3.05) is 33.8 Å². The number of hydrogen-bond acceptors (Lipinski definition) is 5. The molecule has 1 rings (SSSR count). The van der Waals surface area contributed by atoms with E-state index in [4.69, 9.17) is 9.47 Å². The van der Waals surface area contributed by atoms with E-state index in [0.717, 1.165) is 6.54 Å². The Bertz CT molecular complexity index is 371. The maximum Gasteiger partial charge on any atom is 0.509 e. The number of carbonyl (C=O) groups excluding carboxylic acids is 2. The third-order valence-electron chi connectivity index (χ3n) is 2.42. The first-order chi connectivity index (χ1) is 9.09. The highest BCUT2D eigenvalue weighted by molar-refractivity contribution is 5.84. The van der Waals surface area contributed by atoms with Crippen LogP contribution in [0.1, 0.15) is 19.3 Å². The van der Waals surface area contributed by atoms with Crippen molar-refractivity contribution >= 4 is 12.1 Å². The fourth-order valence-electron chi connectivity index (χ4n) is 1.45. The van der Waals surface area contributed by atoms with Crippen molar-refractivity contribution in [3.8, 4) is 11.8 Å². The van der Waals surface area contributed by atoms with E-state index < -0.39 is 12.3 Å². The molecule has 1 heterocycles. The summed E-state index contributed by atoms with van der Waals surface area (Å²) in [5, 5.41) is 2.58. The minimum absolute atomic E-state index is 0.254. The van der Waals surface area contributed by atoms with Gasteiger partial charge in [0.05, 0.1) is 13.2 Å². The number of nitrogens with zero attached hydrogens (tertiary/aromatic N) is 1. The van der Waals surface area contributed by atoms with Gasteiger partial charge in [-0.15, -0.1) is 5.92 Å². The molecule has 1 aliphatic heterocycles. The predicted octanol–water partition coefficient (Wildman–Crippen LogP) is 0.373. The van der Waals surface area contributed by atoms with Crippen LogP contribution < -0.4 is 5.32 Å². The highest BCUT2D eigenvalue weighted by Crippen LogP contribution is 2.06. The Kier molecular flexibility index (Phi) is 6.75. The van der Waals surface area contributed by atoms with Crippen molar-refractivity contribution in [3.05, 3.63) is 0 Å². The Morgan fingerprint density at radius 1 is 1.47 bits per heavy atom. The molecule has 1 saturated heterocycles. The fraction of sp³-hybridized carbons (Fsp3) is 0.692. The number of nitrogens with one attached hydrogen (secondary N) is 1. The predicted molar refractivity (Wildman–Crippen MR) is 69.4 cm³/mol.